The van der Waals surface area contributed by atoms with E-state index >= 15 is 0 Å². The second-order valence-electron chi connectivity index (χ2n) is 4.41. The van der Waals surface area contributed by atoms with Crippen LogP contribution in [0.5, 0.6) is 0 Å². The number of aliphatic imine (C=N–C) groups is 1. The fraction of sp³-hybridized carbons (Fsp3) is 0.727. The van der Waals surface area contributed by atoms with Gasteiger partial charge in [0.2, 0.25) is 0 Å². The molecule has 0 aromatic heterocycles. The van der Waals surface area contributed by atoms with E-state index < -0.39 is 0 Å². The summed E-state index contributed by atoms with van der Waals surface area (Å²) in [5.41, 5.74) is 5.71. The number of nitrogens with zero attached hydrogens (tertiary/aromatic N) is 1. The van der Waals surface area contributed by atoms with Crippen LogP contribution in [0.1, 0.15) is 26.2 Å². The third-order valence-electron chi connectivity index (χ3n) is 3.24. The molecule has 2 atom stereocenters. The Hall–Kier alpha value is -0.830. The summed E-state index contributed by atoms with van der Waals surface area (Å²) in [5, 5.41) is 0. The Morgan fingerprint density at radius 1 is 1.64 bits per heavy atom. The maximum atomic E-state index is 5.74. The predicted molar refractivity (Wildman–Crippen MR) is 57.3 cm³/mol. The number of amidine groups is 1. The van der Waals surface area contributed by atoms with Crippen molar-refractivity contribution in [1.82, 2.24) is 0 Å². The molecule has 2 heterocycles. The highest BCUT2D eigenvalue weighted by Crippen LogP contribution is 2.33. The molecule has 2 aliphatic rings. The minimum Gasteiger partial charge on any atom is -0.384 e. The van der Waals surface area contributed by atoms with Gasteiger partial charge in [-0.3, -0.25) is 4.99 Å². The minimum atomic E-state index is -0.0285. The molecule has 1 saturated heterocycles. The van der Waals surface area contributed by atoms with Gasteiger partial charge in [0.1, 0.15) is 5.84 Å². The van der Waals surface area contributed by atoms with Gasteiger partial charge in [0.15, 0.2) is 0 Å². The number of hydrogen-bond acceptors (Lipinski definition) is 3. The minimum absolute atomic E-state index is 0.0285. The topological polar surface area (TPSA) is 47.6 Å². The van der Waals surface area contributed by atoms with Crippen LogP contribution in [0.4, 0.5) is 0 Å². The van der Waals surface area contributed by atoms with Crippen molar-refractivity contribution in [2.75, 3.05) is 13.2 Å². The van der Waals surface area contributed by atoms with E-state index in [2.05, 4.69) is 18.0 Å². The lowest BCUT2D eigenvalue weighted by molar-refractivity contribution is 0.0263. The van der Waals surface area contributed by atoms with E-state index in [0.29, 0.717) is 11.8 Å². The molecule has 3 heteroatoms. The molecule has 0 radical (unpaired) electrons. The van der Waals surface area contributed by atoms with Crippen LogP contribution in [0.25, 0.3) is 0 Å². The SMILES string of the molecule is CC1([C@H]2CCCOC2)CC=CC(N)=N1. The van der Waals surface area contributed by atoms with Crippen molar-refractivity contribution in [2.24, 2.45) is 16.6 Å². The van der Waals surface area contributed by atoms with Crippen LogP contribution in [-0.2, 0) is 4.74 Å². The summed E-state index contributed by atoms with van der Waals surface area (Å²) in [7, 11) is 0. The first-order valence-electron chi connectivity index (χ1n) is 5.30. The molecule has 2 aliphatic heterocycles. The molecule has 2 N–H and O–H groups in total. The molecule has 3 nitrogen and oxygen atoms in total. The Morgan fingerprint density at radius 2 is 2.50 bits per heavy atom. The van der Waals surface area contributed by atoms with Gasteiger partial charge in [-0.2, -0.15) is 0 Å². The average molecular weight is 194 g/mol. The zero-order valence-electron chi connectivity index (χ0n) is 8.70. The van der Waals surface area contributed by atoms with E-state index in [4.69, 9.17) is 10.5 Å². The van der Waals surface area contributed by atoms with Gasteiger partial charge in [-0.05, 0) is 32.3 Å². The molecule has 0 spiro atoms. The third-order valence-corrected chi connectivity index (χ3v) is 3.24. The third kappa shape index (κ3) is 1.82. The molecule has 14 heavy (non-hydrogen) atoms. The monoisotopic (exact) mass is 194 g/mol. The number of hydrogen-bond donors (Lipinski definition) is 1. The first kappa shape index (κ1) is 9.71. The normalized spacial score (nSPS) is 38.1. The predicted octanol–water partition coefficient (Wildman–Crippen LogP) is 1.49. The summed E-state index contributed by atoms with van der Waals surface area (Å²) < 4.78 is 5.50. The van der Waals surface area contributed by atoms with Gasteiger partial charge >= 0.3 is 0 Å². The summed E-state index contributed by atoms with van der Waals surface area (Å²) >= 11 is 0. The highest BCUT2D eigenvalue weighted by molar-refractivity contribution is 5.92. The number of dihydropyridines is 1. The van der Waals surface area contributed by atoms with Crippen LogP contribution < -0.4 is 5.73 Å². The van der Waals surface area contributed by atoms with E-state index in [-0.39, 0.29) is 5.54 Å². The molecule has 1 unspecified atom stereocenters. The molecule has 2 rings (SSSR count). The molecular weight excluding hydrogens is 176 g/mol. The van der Waals surface area contributed by atoms with E-state index in [9.17, 15) is 0 Å². The fourth-order valence-corrected chi connectivity index (χ4v) is 2.29. The fourth-order valence-electron chi connectivity index (χ4n) is 2.29. The zero-order chi connectivity index (χ0) is 10.0. The maximum absolute atomic E-state index is 5.74. The lowest BCUT2D eigenvalue weighted by atomic mass is 9.79. The molecule has 0 aromatic carbocycles. The summed E-state index contributed by atoms with van der Waals surface area (Å²) in [4.78, 5) is 4.57. The van der Waals surface area contributed by atoms with E-state index in [0.717, 1.165) is 26.1 Å². The summed E-state index contributed by atoms with van der Waals surface area (Å²) in [5.74, 6) is 1.18. The Balaban J connectivity index is 2.11. The summed E-state index contributed by atoms with van der Waals surface area (Å²) in [6.07, 6.45) is 7.37. The molecule has 78 valence electrons. The van der Waals surface area contributed by atoms with Crippen molar-refractivity contribution in [1.29, 1.82) is 0 Å². The van der Waals surface area contributed by atoms with Crippen LogP contribution in [0, 0.1) is 5.92 Å². The molecule has 0 aliphatic carbocycles. The van der Waals surface area contributed by atoms with E-state index in [1.807, 2.05) is 6.08 Å². The van der Waals surface area contributed by atoms with Crippen LogP contribution >= 0.6 is 0 Å². The first-order valence-corrected chi connectivity index (χ1v) is 5.30. The van der Waals surface area contributed by atoms with Crippen LogP contribution in [0.2, 0.25) is 0 Å². The molecule has 0 aromatic rings. The molecule has 0 saturated carbocycles. The molecule has 0 amide bonds. The Kier molecular flexibility index (Phi) is 2.59. The highest BCUT2D eigenvalue weighted by Gasteiger charge is 2.35. The second-order valence-corrected chi connectivity index (χ2v) is 4.41. The van der Waals surface area contributed by atoms with E-state index in [1.54, 1.807) is 0 Å². The van der Waals surface area contributed by atoms with Crippen molar-refractivity contribution in [3.8, 4) is 0 Å². The van der Waals surface area contributed by atoms with Gasteiger partial charge in [-0.25, -0.2) is 0 Å². The lowest BCUT2D eigenvalue weighted by Gasteiger charge is -2.37. The highest BCUT2D eigenvalue weighted by atomic mass is 16.5. The molecular formula is C11H18N2O. The van der Waals surface area contributed by atoms with Crippen molar-refractivity contribution in [3.05, 3.63) is 12.2 Å². The van der Waals surface area contributed by atoms with Crippen molar-refractivity contribution in [3.63, 3.8) is 0 Å². The lowest BCUT2D eigenvalue weighted by Crippen LogP contribution is -2.40. The first-order chi connectivity index (χ1) is 6.71. The van der Waals surface area contributed by atoms with Gasteiger partial charge < -0.3 is 10.5 Å². The number of ether oxygens (including phenoxy) is 1. The van der Waals surface area contributed by atoms with Gasteiger partial charge in [0.25, 0.3) is 0 Å². The smallest absolute Gasteiger partial charge is 0.118 e. The molecule has 0 bridgehead atoms. The van der Waals surface area contributed by atoms with Gasteiger partial charge in [0.05, 0.1) is 12.1 Å². The second kappa shape index (κ2) is 3.73. The van der Waals surface area contributed by atoms with Gasteiger partial charge in [0, 0.05) is 12.5 Å². The van der Waals surface area contributed by atoms with Crippen molar-refractivity contribution < 1.29 is 4.74 Å². The standard InChI is InChI=1S/C11H18N2O/c1-11(6-2-5-10(12)13-11)9-4-3-7-14-8-9/h2,5,9H,3-4,6-8H2,1H3,(H2,12,13)/t9-,11?/m0/s1. The Bertz CT molecular complexity index is 266. The van der Waals surface area contributed by atoms with Gasteiger partial charge in [-0.15, -0.1) is 0 Å². The zero-order valence-corrected chi connectivity index (χ0v) is 8.70. The van der Waals surface area contributed by atoms with E-state index in [1.165, 1.54) is 6.42 Å². The van der Waals surface area contributed by atoms with Crippen LogP contribution in [0.3, 0.4) is 0 Å². The Labute approximate surface area is 85.0 Å². The van der Waals surface area contributed by atoms with Crippen molar-refractivity contribution >= 4 is 5.84 Å². The van der Waals surface area contributed by atoms with Crippen LogP contribution in [-0.4, -0.2) is 24.6 Å². The molecule has 1 fully saturated rings. The quantitative estimate of drug-likeness (QED) is 0.687. The Morgan fingerprint density at radius 3 is 3.14 bits per heavy atom. The summed E-state index contributed by atoms with van der Waals surface area (Å²) in [6, 6.07) is 0. The van der Waals surface area contributed by atoms with Crippen molar-refractivity contribution in [2.45, 2.75) is 31.7 Å². The maximum Gasteiger partial charge on any atom is 0.118 e. The largest absolute Gasteiger partial charge is 0.384 e. The van der Waals surface area contributed by atoms with Crippen LogP contribution in [0.15, 0.2) is 17.1 Å². The average Bonchev–Trinajstić information content (AvgIpc) is 2.19. The van der Waals surface area contributed by atoms with Gasteiger partial charge in [-0.1, -0.05) is 6.08 Å². The number of nitrogens with two attached hydrogens (primary N) is 1. The summed E-state index contributed by atoms with van der Waals surface area (Å²) in [6.45, 7) is 3.92. The number of rotatable bonds is 1.